The molecule has 0 aliphatic carbocycles. The van der Waals surface area contributed by atoms with Gasteiger partial charge in [-0.2, -0.15) is 0 Å². The van der Waals surface area contributed by atoms with E-state index in [2.05, 4.69) is 69.4 Å². The third-order valence-corrected chi connectivity index (χ3v) is 10.3. The highest BCUT2D eigenvalue weighted by Crippen LogP contribution is 2.16. The maximum atomic E-state index is 12.7. The lowest BCUT2D eigenvalue weighted by molar-refractivity contribution is -0.166. The first kappa shape index (κ1) is 55.1. The lowest BCUT2D eigenvalue weighted by Gasteiger charge is -2.18. The fourth-order valence-corrected chi connectivity index (χ4v) is 6.72. The van der Waals surface area contributed by atoms with E-state index in [1.54, 1.807) is 6.08 Å². The van der Waals surface area contributed by atoms with Crippen LogP contribution in [0, 0.1) is 0 Å². The molecule has 58 heavy (non-hydrogen) atoms. The Balaban J connectivity index is 4.31. The minimum Gasteiger partial charge on any atom is -0.462 e. The van der Waals surface area contributed by atoms with Crippen LogP contribution < -0.4 is 0 Å². The van der Waals surface area contributed by atoms with Crippen molar-refractivity contribution < 1.29 is 28.6 Å². The molecule has 0 heterocycles. The van der Waals surface area contributed by atoms with Crippen molar-refractivity contribution in [3.05, 3.63) is 60.8 Å². The normalized spacial score (nSPS) is 12.5. The number of allylic oxidation sites excluding steroid dienone is 9. The summed E-state index contributed by atoms with van der Waals surface area (Å²) in [6.45, 7) is 6.30. The molecule has 0 saturated heterocycles. The number of unbranched alkanes of at least 4 members (excludes halogenated alkanes) is 23. The molecule has 0 bridgehead atoms. The molecule has 6 nitrogen and oxygen atoms in total. The van der Waals surface area contributed by atoms with Crippen LogP contribution in [0.25, 0.3) is 0 Å². The summed E-state index contributed by atoms with van der Waals surface area (Å²) in [5, 5.41) is 0. The number of rotatable bonds is 43. The Morgan fingerprint density at radius 2 is 0.741 bits per heavy atom. The number of carbonyl (C=O) groups excluding carboxylic acids is 3. The molecule has 0 radical (unpaired) electrons. The van der Waals surface area contributed by atoms with Gasteiger partial charge in [-0.15, -0.1) is 0 Å². The third kappa shape index (κ3) is 44.2. The average Bonchev–Trinajstić information content (AvgIpc) is 3.22. The molecule has 0 aromatic carbocycles. The van der Waals surface area contributed by atoms with Crippen molar-refractivity contribution in [3.8, 4) is 0 Å². The molecule has 0 fully saturated rings. The zero-order valence-corrected chi connectivity index (χ0v) is 38.0. The number of esters is 3. The molecule has 0 spiro atoms. The molecule has 0 aliphatic rings. The maximum absolute atomic E-state index is 12.7. The van der Waals surface area contributed by atoms with Crippen LogP contribution in [0.3, 0.4) is 0 Å². The molecule has 1 atom stereocenters. The first-order chi connectivity index (χ1) is 28.5. The third-order valence-electron chi connectivity index (χ3n) is 10.3. The molecule has 0 aromatic rings. The molecular formula is C52H90O6. The lowest BCUT2D eigenvalue weighted by Crippen LogP contribution is -2.30. The van der Waals surface area contributed by atoms with Gasteiger partial charge < -0.3 is 14.2 Å². The maximum Gasteiger partial charge on any atom is 0.309 e. The van der Waals surface area contributed by atoms with Crippen LogP contribution in [0.1, 0.15) is 233 Å². The Morgan fingerprint density at radius 3 is 1.21 bits per heavy atom. The summed E-state index contributed by atoms with van der Waals surface area (Å²) in [4.78, 5) is 37.7. The van der Waals surface area contributed by atoms with Crippen LogP contribution in [-0.4, -0.2) is 37.2 Å². The number of hydrogen-bond acceptors (Lipinski definition) is 6. The molecule has 0 rings (SSSR count). The van der Waals surface area contributed by atoms with E-state index in [9.17, 15) is 14.4 Å². The Hall–Kier alpha value is -2.89. The summed E-state index contributed by atoms with van der Waals surface area (Å²) >= 11 is 0. The quantitative estimate of drug-likeness (QED) is 0.0264. The highest BCUT2D eigenvalue weighted by Gasteiger charge is 2.19. The van der Waals surface area contributed by atoms with Gasteiger partial charge in [-0.25, -0.2) is 0 Å². The van der Waals surface area contributed by atoms with Crippen LogP contribution in [-0.2, 0) is 28.6 Å². The Bertz CT molecular complexity index is 1070. The monoisotopic (exact) mass is 811 g/mol. The van der Waals surface area contributed by atoms with Gasteiger partial charge in [-0.1, -0.05) is 216 Å². The zero-order valence-electron chi connectivity index (χ0n) is 38.0. The molecule has 0 aromatic heterocycles. The zero-order chi connectivity index (χ0) is 42.3. The molecule has 334 valence electrons. The van der Waals surface area contributed by atoms with Gasteiger partial charge in [0.05, 0.1) is 6.42 Å². The van der Waals surface area contributed by atoms with Gasteiger partial charge in [0.25, 0.3) is 0 Å². The fourth-order valence-electron chi connectivity index (χ4n) is 6.72. The van der Waals surface area contributed by atoms with Gasteiger partial charge in [0.1, 0.15) is 13.2 Å². The first-order valence-corrected chi connectivity index (χ1v) is 24.3. The van der Waals surface area contributed by atoms with Gasteiger partial charge in [0.15, 0.2) is 6.10 Å². The summed E-state index contributed by atoms with van der Waals surface area (Å²) in [5.41, 5.74) is 0. The van der Waals surface area contributed by atoms with Crippen LogP contribution in [0.5, 0.6) is 0 Å². The Labute approximate surface area is 358 Å². The number of ether oxygens (including phenoxy) is 3. The van der Waals surface area contributed by atoms with E-state index in [0.717, 1.165) is 89.9 Å². The van der Waals surface area contributed by atoms with E-state index < -0.39 is 12.1 Å². The molecule has 0 N–H and O–H groups in total. The average molecular weight is 811 g/mol. The number of hydrogen-bond donors (Lipinski definition) is 0. The van der Waals surface area contributed by atoms with Crippen LogP contribution in [0.4, 0.5) is 0 Å². The minimum atomic E-state index is -0.812. The van der Waals surface area contributed by atoms with Gasteiger partial charge in [0, 0.05) is 12.8 Å². The van der Waals surface area contributed by atoms with Crippen LogP contribution >= 0.6 is 0 Å². The predicted molar refractivity (Wildman–Crippen MR) is 247 cm³/mol. The largest absolute Gasteiger partial charge is 0.462 e. The van der Waals surface area contributed by atoms with E-state index in [1.165, 1.54) is 103 Å². The van der Waals surface area contributed by atoms with Crippen molar-refractivity contribution in [2.75, 3.05) is 13.2 Å². The molecule has 1 unspecified atom stereocenters. The first-order valence-electron chi connectivity index (χ1n) is 24.3. The second kappa shape index (κ2) is 46.8. The molecule has 0 saturated carbocycles. The predicted octanol–water partition coefficient (Wildman–Crippen LogP) is 15.7. The van der Waals surface area contributed by atoms with E-state index in [4.69, 9.17) is 14.2 Å². The van der Waals surface area contributed by atoms with Crippen molar-refractivity contribution in [2.24, 2.45) is 0 Å². The van der Waals surface area contributed by atoms with Crippen molar-refractivity contribution in [3.63, 3.8) is 0 Å². The van der Waals surface area contributed by atoms with E-state index in [1.807, 2.05) is 6.08 Å². The molecule has 6 heteroatoms. The summed E-state index contributed by atoms with van der Waals surface area (Å²) < 4.78 is 16.6. The highest BCUT2D eigenvalue weighted by molar-refractivity contribution is 5.72. The van der Waals surface area contributed by atoms with Crippen molar-refractivity contribution in [1.82, 2.24) is 0 Å². The van der Waals surface area contributed by atoms with Crippen molar-refractivity contribution in [2.45, 2.75) is 239 Å². The molecular weight excluding hydrogens is 721 g/mol. The SMILES string of the molecule is CC/C=C\C/C=C\C/C=C\CC(=O)OCC(COC(=O)CCCCCCCCCCCCCCCCCCCCC)OC(=O)CCCCCCC/C=C\C/C=C\CC. The fraction of sp³-hybridized carbons (Fsp3) is 0.750. The van der Waals surface area contributed by atoms with Crippen LogP contribution in [0.15, 0.2) is 60.8 Å². The summed E-state index contributed by atoms with van der Waals surface area (Å²) in [6, 6.07) is 0. The van der Waals surface area contributed by atoms with Crippen LogP contribution in [0.2, 0.25) is 0 Å². The molecule has 0 aliphatic heterocycles. The number of carbonyl (C=O) groups is 3. The van der Waals surface area contributed by atoms with Gasteiger partial charge in [0.2, 0.25) is 0 Å². The second-order valence-electron chi connectivity index (χ2n) is 16.0. The van der Waals surface area contributed by atoms with E-state index >= 15 is 0 Å². The smallest absolute Gasteiger partial charge is 0.309 e. The summed E-state index contributed by atoms with van der Waals surface area (Å²) in [7, 11) is 0. The standard InChI is InChI=1S/C52H90O6/c1-4-7-10-13-16-19-21-23-24-25-26-27-28-29-31-33-36-39-42-45-51(54)57-48-49(47-56-50(53)44-41-38-35-32-18-15-12-9-6-3)58-52(55)46-43-40-37-34-30-22-20-17-14-11-8-5-2/h8-9,11-12,17-18,20,32,38,41,49H,4-7,10,13-16,19,21-31,33-37,39-40,42-48H2,1-3H3/b11-8-,12-9-,20-17-,32-18-,41-38-. The lowest BCUT2D eigenvalue weighted by atomic mass is 10.0. The Kier molecular flexibility index (Phi) is 44.5. The van der Waals surface area contributed by atoms with Crippen molar-refractivity contribution >= 4 is 17.9 Å². The Morgan fingerprint density at radius 1 is 0.379 bits per heavy atom. The second-order valence-corrected chi connectivity index (χ2v) is 16.0. The summed E-state index contributed by atoms with van der Waals surface area (Å²) in [5.74, 6) is -1.05. The highest BCUT2D eigenvalue weighted by atomic mass is 16.6. The van der Waals surface area contributed by atoms with Crippen molar-refractivity contribution in [1.29, 1.82) is 0 Å². The molecule has 0 amide bonds. The summed E-state index contributed by atoms with van der Waals surface area (Å²) in [6.07, 6.45) is 56.8. The topological polar surface area (TPSA) is 78.9 Å². The van der Waals surface area contributed by atoms with E-state index in [0.29, 0.717) is 12.8 Å². The minimum absolute atomic E-state index is 0.105. The van der Waals surface area contributed by atoms with E-state index in [-0.39, 0.29) is 31.6 Å². The van der Waals surface area contributed by atoms with Gasteiger partial charge >= 0.3 is 17.9 Å². The van der Waals surface area contributed by atoms with Gasteiger partial charge in [-0.05, 0) is 57.8 Å². The van der Waals surface area contributed by atoms with Gasteiger partial charge in [-0.3, -0.25) is 14.4 Å².